The number of hydrogen-bond donors (Lipinski definition) is 0. The summed E-state index contributed by atoms with van der Waals surface area (Å²) in [6.45, 7) is 3.87. The topological polar surface area (TPSA) is 18.5 Å². The third-order valence-corrected chi connectivity index (χ3v) is 4.98. The van der Waals surface area contributed by atoms with Crippen LogP contribution in [0, 0.1) is 23.5 Å². The van der Waals surface area contributed by atoms with E-state index in [9.17, 15) is 13.2 Å². The van der Waals surface area contributed by atoms with Crippen LogP contribution in [0.1, 0.15) is 58.8 Å². The van der Waals surface area contributed by atoms with Gasteiger partial charge in [-0.05, 0) is 37.3 Å². The Morgan fingerprint density at radius 3 is 2.08 bits per heavy atom. The molecule has 0 aliphatic heterocycles. The summed E-state index contributed by atoms with van der Waals surface area (Å²) < 4.78 is 52.0. The molecule has 0 heterocycles. The van der Waals surface area contributed by atoms with Gasteiger partial charge in [0.25, 0.3) is 0 Å². The molecule has 25 heavy (non-hydrogen) atoms. The van der Waals surface area contributed by atoms with Gasteiger partial charge >= 0.3 is 0 Å². The zero-order chi connectivity index (χ0) is 18.2. The molecule has 1 aliphatic rings. The summed E-state index contributed by atoms with van der Waals surface area (Å²) in [6, 6.07) is 2.59. The highest BCUT2D eigenvalue weighted by molar-refractivity contribution is 5.35. The number of hydrogen-bond acceptors (Lipinski definition) is 2. The zero-order valence-corrected chi connectivity index (χ0v) is 15.2. The molecule has 142 valence electrons. The van der Waals surface area contributed by atoms with Crippen molar-refractivity contribution in [3.8, 4) is 11.5 Å². The first-order chi connectivity index (χ1) is 12.0. The van der Waals surface area contributed by atoms with Crippen molar-refractivity contribution in [1.29, 1.82) is 0 Å². The average Bonchev–Trinajstić information content (AvgIpc) is 2.60. The standard InChI is InChI=1S/C20H29F3O2/c1-3-5-14-6-8-15(9-7-14)12-16(21)13-25-18-11-10-17(24-4-2)19(22)20(18)23/h10-11,14-16H,3-9,12-13H2,1-2H3. The third-order valence-electron chi connectivity index (χ3n) is 4.98. The summed E-state index contributed by atoms with van der Waals surface area (Å²) in [5.74, 6) is -1.49. The van der Waals surface area contributed by atoms with E-state index in [-0.39, 0.29) is 24.7 Å². The van der Waals surface area contributed by atoms with Crippen molar-refractivity contribution in [2.24, 2.45) is 11.8 Å². The highest BCUT2D eigenvalue weighted by Crippen LogP contribution is 2.34. The number of halogens is 3. The Labute approximate surface area is 148 Å². The number of alkyl halides is 1. The Balaban J connectivity index is 1.78. The lowest BCUT2D eigenvalue weighted by Gasteiger charge is -2.29. The molecule has 1 fully saturated rings. The molecule has 2 rings (SSSR count). The maximum Gasteiger partial charge on any atom is 0.204 e. The monoisotopic (exact) mass is 358 g/mol. The molecule has 0 radical (unpaired) electrons. The first-order valence-electron chi connectivity index (χ1n) is 9.42. The van der Waals surface area contributed by atoms with Gasteiger partial charge in [0.2, 0.25) is 11.6 Å². The smallest absolute Gasteiger partial charge is 0.204 e. The van der Waals surface area contributed by atoms with Gasteiger partial charge in [0.1, 0.15) is 12.8 Å². The third kappa shape index (κ3) is 5.82. The zero-order valence-electron chi connectivity index (χ0n) is 15.2. The molecule has 2 nitrogen and oxygen atoms in total. The van der Waals surface area contributed by atoms with Gasteiger partial charge in [-0.1, -0.05) is 45.4 Å². The first-order valence-corrected chi connectivity index (χ1v) is 9.42. The van der Waals surface area contributed by atoms with Crippen LogP contribution in [0.15, 0.2) is 12.1 Å². The summed E-state index contributed by atoms with van der Waals surface area (Å²) in [5, 5.41) is 0. The summed E-state index contributed by atoms with van der Waals surface area (Å²) in [5.41, 5.74) is 0. The molecule has 5 heteroatoms. The van der Waals surface area contributed by atoms with Gasteiger partial charge in [0, 0.05) is 0 Å². The summed E-state index contributed by atoms with van der Waals surface area (Å²) >= 11 is 0. The van der Waals surface area contributed by atoms with Gasteiger partial charge in [-0.3, -0.25) is 0 Å². The fourth-order valence-corrected chi connectivity index (χ4v) is 3.67. The minimum Gasteiger partial charge on any atom is -0.491 e. The summed E-state index contributed by atoms with van der Waals surface area (Å²) in [7, 11) is 0. The van der Waals surface area contributed by atoms with Crippen LogP contribution in [0.2, 0.25) is 0 Å². The first kappa shape index (κ1) is 19.9. The Morgan fingerprint density at radius 2 is 1.52 bits per heavy atom. The van der Waals surface area contributed by atoms with Gasteiger partial charge in [0.15, 0.2) is 11.5 Å². The molecular formula is C20H29F3O2. The normalized spacial score (nSPS) is 21.8. The highest BCUT2D eigenvalue weighted by Gasteiger charge is 2.24. The lowest BCUT2D eigenvalue weighted by atomic mass is 9.78. The molecule has 1 saturated carbocycles. The minimum absolute atomic E-state index is 0.159. The lowest BCUT2D eigenvalue weighted by molar-refractivity contribution is 0.141. The van der Waals surface area contributed by atoms with Crippen molar-refractivity contribution in [3.63, 3.8) is 0 Å². The van der Waals surface area contributed by atoms with E-state index in [0.29, 0.717) is 12.3 Å². The lowest BCUT2D eigenvalue weighted by Crippen LogP contribution is -2.21. The van der Waals surface area contributed by atoms with Crippen LogP contribution in [0.4, 0.5) is 13.2 Å². The van der Waals surface area contributed by atoms with Crippen molar-refractivity contribution in [2.45, 2.75) is 65.0 Å². The predicted molar refractivity (Wildman–Crippen MR) is 92.9 cm³/mol. The van der Waals surface area contributed by atoms with E-state index in [1.54, 1.807) is 6.92 Å². The molecule has 1 aromatic carbocycles. The molecule has 1 atom stereocenters. The molecular weight excluding hydrogens is 329 g/mol. The van der Waals surface area contributed by atoms with E-state index < -0.39 is 17.8 Å². The Hall–Kier alpha value is -1.39. The molecule has 1 unspecified atom stereocenters. The van der Waals surface area contributed by atoms with E-state index in [1.165, 1.54) is 37.8 Å². The Bertz CT molecular complexity index is 528. The molecule has 0 saturated heterocycles. The molecule has 0 N–H and O–H groups in total. The van der Waals surface area contributed by atoms with Gasteiger partial charge < -0.3 is 9.47 Å². The highest BCUT2D eigenvalue weighted by atomic mass is 19.2. The summed E-state index contributed by atoms with van der Waals surface area (Å²) in [6.07, 6.45) is 6.18. The van der Waals surface area contributed by atoms with Crippen LogP contribution in [0.5, 0.6) is 11.5 Å². The van der Waals surface area contributed by atoms with E-state index in [1.807, 2.05) is 0 Å². The SMILES string of the molecule is CCCC1CCC(CC(F)COc2ccc(OCC)c(F)c2F)CC1. The number of benzene rings is 1. The van der Waals surface area contributed by atoms with Crippen molar-refractivity contribution < 1.29 is 22.6 Å². The van der Waals surface area contributed by atoms with Crippen LogP contribution in [-0.2, 0) is 0 Å². The van der Waals surface area contributed by atoms with Crippen LogP contribution >= 0.6 is 0 Å². The van der Waals surface area contributed by atoms with Crippen LogP contribution in [0.3, 0.4) is 0 Å². The number of ether oxygens (including phenoxy) is 2. The molecule has 1 aromatic rings. The van der Waals surface area contributed by atoms with Gasteiger partial charge in [-0.2, -0.15) is 8.78 Å². The Kier molecular flexibility index (Phi) is 7.91. The van der Waals surface area contributed by atoms with Crippen LogP contribution < -0.4 is 9.47 Å². The molecule has 1 aliphatic carbocycles. The molecule has 0 amide bonds. The maximum atomic E-state index is 14.2. The maximum absolute atomic E-state index is 14.2. The van der Waals surface area contributed by atoms with E-state index in [0.717, 1.165) is 18.8 Å². The molecule has 0 spiro atoms. The fourth-order valence-electron chi connectivity index (χ4n) is 3.67. The van der Waals surface area contributed by atoms with Crippen molar-refractivity contribution >= 4 is 0 Å². The quantitative estimate of drug-likeness (QED) is 0.533. The van der Waals surface area contributed by atoms with Crippen molar-refractivity contribution in [1.82, 2.24) is 0 Å². The largest absolute Gasteiger partial charge is 0.491 e. The second-order valence-corrected chi connectivity index (χ2v) is 6.94. The summed E-state index contributed by atoms with van der Waals surface area (Å²) in [4.78, 5) is 0. The predicted octanol–water partition coefficient (Wildman–Crippen LogP) is 6.08. The average molecular weight is 358 g/mol. The number of rotatable bonds is 9. The Morgan fingerprint density at radius 1 is 0.960 bits per heavy atom. The van der Waals surface area contributed by atoms with Crippen molar-refractivity contribution in [3.05, 3.63) is 23.8 Å². The van der Waals surface area contributed by atoms with E-state index in [4.69, 9.17) is 9.47 Å². The van der Waals surface area contributed by atoms with Crippen molar-refractivity contribution in [2.75, 3.05) is 13.2 Å². The van der Waals surface area contributed by atoms with Crippen LogP contribution in [0.25, 0.3) is 0 Å². The van der Waals surface area contributed by atoms with Gasteiger partial charge in [-0.15, -0.1) is 0 Å². The van der Waals surface area contributed by atoms with E-state index in [2.05, 4.69) is 6.92 Å². The van der Waals surface area contributed by atoms with E-state index >= 15 is 0 Å². The molecule has 0 bridgehead atoms. The minimum atomic E-state index is -1.17. The van der Waals surface area contributed by atoms with Crippen LogP contribution in [-0.4, -0.2) is 19.4 Å². The van der Waals surface area contributed by atoms with Gasteiger partial charge in [-0.25, -0.2) is 4.39 Å². The second-order valence-electron chi connectivity index (χ2n) is 6.94. The van der Waals surface area contributed by atoms with Gasteiger partial charge in [0.05, 0.1) is 6.61 Å². The molecule has 0 aromatic heterocycles. The fraction of sp³-hybridized carbons (Fsp3) is 0.700. The second kappa shape index (κ2) is 9.93.